The van der Waals surface area contributed by atoms with E-state index in [1.165, 1.54) is 30.5 Å². The van der Waals surface area contributed by atoms with E-state index >= 15 is 0 Å². The minimum Gasteiger partial charge on any atom is -0.387 e. The molecule has 0 aliphatic carbocycles. The number of nitrogens with one attached hydrogen (secondary N) is 1. The molecule has 2 aromatic carbocycles. The number of ether oxygens (including phenoxy) is 1. The number of fused-ring (bicyclic) bond motifs is 1. The van der Waals surface area contributed by atoms with Crippen molar-refractivity contribution in [1.82, 2.24) is 10.3 Å². The molecular formula is C25H25F3N2O3. The van der Waals surface area contributed by atoms with Gasteiger partial charge in [0.1, 0.15) is 29.7 Å². The molecule has 0 bridgehead atoms. The zero-order valence-corrected chi connectivity index (χ0v) is 17.8. The maximum atomic E-state index is 13.7. The van der Waals surface area contributed by atoms with E-state index in [1.54, 1.807) is 12.1 Å². The van der Waals surface area contributed by atoms with E-state index in [-0.39, 0.29) is 11.6 Å². The quantitative estimate of drug-likeness (QED) is 0.501. The Morgan fingerprint density at radius 3 is 2.64 bits per heavy atom. The van der Waals surface area contributed by atoms with E-state index in [2.05, 4.69) is 10.3 Å². The molecule has 174 valence electrons. The van der Waals surface area contributed by atoms with Gasteiger partial charge in [0.2, 0.25) is 0 Å². The minimum atomic E-state index is -1.25. The monoisotopic (exact) mass is 458 g/mol. The molecule has 0 amide bonds. The second-order valence-corrected chi connectivity index (χ2v) is 8.12. The summed E-state index contributed by atoms with van der Waals surface area (Å²) in [7, 11) is 0. The molecule has 4 rings (SSSR count). The number of pyridine rings is 1. The largest absolute Gasteiger partial charge is 0.387 e. The lowest BCUT2D eigenvalue weighted by atomic mass is 9.93. The predicted octanol–water partition coefficient (Wildman–Crippen LogP) is 3.90. The molecule has 3 aromatic rings. The van der Waals surface area contributed by atoms with Crippen LogP contribution in [0.5, 0.6) is 0 Å². The van der Waals surface area contributed by atoms with Gasteiger partial charge in [-0.15, -0.1) is 0 Å². The smallest absolute Gasteiger partial charge is 0.130 e. The average Bonchev–Trinajstić information content (AvgIpc) is 2.83. The summed E-state index contributed by atoms with van der Waals surface area (Å²) in [4.78, 5) is 4.17. The third-order valence-electron chi connectivity index (χ3n) is 5.85. The van der Waals surface area contributed by atoms with E-state index in [1.807, 2.05) is 0 Å². The molecule has 1 saturated heterocycles. The fraction of sp³-hybridized carbons (Fsp3) is 0.320. The molecule has 8 heteroatoms. The summed E-state index contributed by atoms with van der Waals surface area (Å²) in [5, 5.41) is 25.2. The first-order valence-corrected chi connectivity index (χ1v) is 10.8. The van der Waals surface area contributed by atoms with Crippen LogP contribution < -0.4 is 5.32 Å². The highest BCUT2D eigenvalue weighted by atomic mass is 19.1. The van der Waals surface area contributed by atoms with Crippen LogP contribution in [-0.2, 0) is 4.74 Å². The number of aliphatic hydroxyl groups is 2. The van der Waals surface area contributed by atoms with Crippen molar-refractivity contribution in [3.63, 3.8) is 0 Å². The molecule has 33 heavy (non-hydrogen) atoms. The summed E-state index contributed by atoms with van der Waals surface area (Å²) in [5.41, 5.74) is 1.10. The molecule has 0 spiro atoms. The maximum Gasteiger partial charge on any atom is 0.130 e. The molecule has 2 unspecified atom stereocenters. The highest BCUT2D eigenvalue weighted by Crippen LogP contribution is 2.30. The Kier molecular flexibility index (Phi) is 7.39. The molecular weight excluding hydrogens is 433 g/mol. The third-order valence-corrected chi connectivity index (χ3v) is 5.85. The Labute approximate surface area is 189 Å². The number of hydrogen-bond acceptors (Lipinski definition) is 5. The van der Waals surface area contributed by atoms with Gasteiger partial charge in [-0.3, -0.25) is 4.98 Å². The van der Waals surface area contributed by atoms with Gasteiger partial charge in [0.15, 0.2) is 0 Å². The first kappa shape index (κ1) is 23.4. The third kappa shape index (κ3) is 5.59. The Bertz CT molecular complexity index is 1130. The summed E-state index contributed by atoms with van der Waals surface area (Å²) >= 11 is 0. The Balaban J connectivity index is 1.30. The fourth-order valence-electron chi connectivity index (χ4n) is 4.05. The van der Waals surface area contributed by atoms with Gasteiger partial charge in [0.25, 0.3) is 0 Å². The second-order valence-electron chi connectivity index (χ2n) is 8.12. The average molecular weight is 458 g/mol. The SMILES string of the molecule is OC(c1ccnc2ccc(F)cc12)C(O)[C@H]1CC[C@H](NC/C=C/c2cc(F)ccc2F)CO1. The minimum absolute atomic E-state index is 0.0171. The van der Waals surface area contributed by atoms with Gasteiger partial charge in [-0.1, -0.05) is 12.2 Å². The number of aromatic nitrogens is 1. The van der Waals surface area contributed by atoms with E-state index in [9.17, 15) is 23.4 Å². The Morgan fingerprint density at radius 1 is 1.06 bits per heavy atom. The van der Waals surface area contributed by atoms with Crippen LogP contribution in [0.4, 0.5) is 13.2 Å². The molecule has 4 atom stereocenters. The van der Waals surface area contributed by atoms with Crippen LogP contribution in [0.1, 0.15) is 30.1 Å². The van der Waals surface area contributed by atoms with Crippen LogP contribution >= 0.6 is 0 Å². The molecule has 0 saturated carbocycles. The standard InChI is InChI=1S/C25H25F3N2O3/c26-16-3-6-21(28)15(12-16)2-1-10-29-18-5-8-23(33-14-18)25(32)24(31)19-9-11-30-22-7-4-17(27)13-20(19)22/h1-4,6-7,9,11-13,18,23-25,29,31-32H,5,8,10,14H2/b2-1+/t18-,23+,24?,25?/m0/s1. The normalized spacial score (nSPS) is 20.9. The molecule has 0 radical (unpaired) electrons. The number of hydrogen-bond donors (Lipinski definition) is 3. The van der Waals surface area contributed by atoms with Crippen LogP contribution in [0.15, 0.2) is 54.7 Å². The maximum absolute atomic E-state index is 13.7. The number of rotatable bonds is 7. The summed E-state index contributed by atoms with van der Waals surface area (Å²) in [6, 6.07) is 8.98. The van der Waals surface area contributed by atoms with Gasteiger partial charge < -0.3 is 20.3 Å². The number of benzene rings is 2. The second kappa shape index (κ2) is 10.4. The number of nitrogens with zero attached hydrogens (tertiary/aromatic N) is 1. The lowest BCUT2D eigenvalue weighted by molar-refractivity contribution is -0.113. The van der Waals surface area contributed by atoms with Crippen LogP contribution in [-0.4, -0.2) is 46.6 Å². The van der Waals surface area contributed by atoms with Crippen molar-refractivity contribution < 1.29 is 28.1 Å². The first-order valence-electron chi connectivity index (χ1n) is 10.8. The molecule has 1 aliphatic rings. The summed E-state index contributed by atoms with van der Waals surface area (Å²) in [6.45, 7) is 0.761. The Morgan fingerprint density at radius 2 is 1.85 bits per heavy atom. The van der Waals surface area contributed by atoms with Crippen molar-refractivity contribution in [2.45, 2.75) is 37.2 Å². The van der Waals surface area contributed by atoms with Crippen molar-refractivity contribution in [2.24, 2.45) is 0 Å². The predicted molar refractivity (Wildman–Crippen MR) is 119 cm³/mol. The van der Waals surface area contributed by atoms with E-state index in [4.69, 9.17) is 4.74 Å². The molecule has 1 aliphatic heterocycles. The van der Waals surface area contributed by atoms with Crippen molar-refractivity contribution >= 4 is 17.0 Å². The molecule has 1 aromatic heterocycles. The zero-order chi connectivity index (χ0) is 23.4. The van der Waals surface area contributed by atoms with E-state index in [0.717, 1.165) is 18.2 Å². The summed E-state index contributed by atoms with van der Waals surface area (Å²) in [5.74, 6) is -1.44. The van der Waals surface area contributed by atoms with Crippen LogP contribution in [0.2, 0.25) is 0 Å². The van der Waals surface area contributed by atoms with Gasteiger partial charge in [0, 0.05) is 29.7 Å². The highest BCUT2D eigenvalue weighted by molar-refractivity contribution is 5.82. The van der Waals surface area contributed by atoms with Crippen molar-refractivity contribution in [3.8, 4) is 0 Å². The van der Waals surface area contributed by atoms with Gasteiger partial charge in [-0.2, -0.15) is 0 Å². The highest BCUT2D eigenvalue weighted by Gasteiger charge is 2.33. The van der Waals surface area contributed by atoms with Gasteiger partial charge in [-0.25, -0.2) is 13.2 Å². The van der Waals surface area contributed by atoms with Gasteiger partial charge >= 0.3 is 0 Å². The Hall–Kier alpha value is -2.78. The number of aliphatic hydroxyl groups excluding tert-OH is 2. The summed E-state index contributed by atoms with van der Waals surface area (Å²) < 4.78 is 46.3. The number of halogens is 3. The van der Waals surface area contributed by atoms with Gasteiger partial charge in [0.05, 0.1) is 18.2 Å². The van der Waals surface area contributed by atoms with E-state index < -0.39 is 35.8 Å². The van der Waals surface area contributed by atoms with Crippen LogP contribution in [0, 0.1) is 17.5 Å². The summed E-state index contributed by atoms with van der Waals surface area (Å²) in [6.07, 6.45) is 2.92. The van der Waals surface area contributed by atoms with Crippen molar-refractivity contribution in [2.75, 3.05) is 13.2 Å². The zero-order valence-electron chi connectivity index (χ0n) is 17.8. The van der Waals surface area contributed by atoms with Crippen LogP contribution in [0.3, 0.4) is 0 Å². The lowest BCUT2D eigenvalue weighted by Crippen LogP contribution is -2.45. The van der Waals surface area contributed by atoms with Gasteiger partial charge in [-0.05, 0) is 60.9 Å². The van der Waals surface area contributed by atoms with Crippen molar-refractivity contribution in [1.29, 1.82) is 0 Å². The van der Waals surface area contributed by atoms with E-state index in [0.29, 0.717) is 42.5 Å². The molecule has 3 N–H and O–H groups in total. The molecule has 1 fully saturated rings. The lowest BCUT2D eigenvalue weighted by Gasteiger charge is -2.34. The molecule has 5 nitrogen and oxygen atoms in total. The van der Waals surface area contributed by atoms with Crippen molar-refractivity contribution in [3.05, 3.63) is 83.3 Å². The topological polar surface area (TPSA) is 74.6 Å². The fourth-order valence-corrected chi connectivity index (χ4v) is 4.05. The van der Waals surface area contributed by atoms with Crippen LogP contribution in [0.25, 0.3) is 17.0 Å². The molecule has 2 heterocycles. The first-order chi connectivity index (χ1) is 15.9.